The van der Waals surface area contributed by atoms with E-state index < -0.39 is 16.1 Å². The molecule has 0 aliphatic carbocycles. The summed E-state index contributed by atoms with van der Waals surface area (Å²) in [6.45, 7) is 5.19. The van der Waals surface area contributed by atoms with Crippen LogP contribution < -0.4 is 15.8 Å². The van der Waals surface area contributed by atoms with Gasteiger partial charge in [0.2, 0.25) is 0 Å². The predicted molar refractivity (Wildman–Crippen MR) is 131 cm³/mol. The molecule has 0 fully saturated rings. The van der Waals surface area contributed by atoms with Gasteiger partial charge in [-0.05, 0) is 41.7 Å². The lowest BCUT2D eigenvalue weighted by Crippen LogP contribution is -2.40. The van der Waals surface area contributed by atoms with Crippen molar-refractivity contribution in [2.45, 2.75) is 31.8 Å². The van der Waals surface area contributed by atoms with Crippen LogP contribution in [0.2, 0.25) is 0 Å². The molecule has 3 aromatic rings. The lowest BCUT2D eigenvalue weighted by Gasteiger charge is -2.18. The Morgan fingerprint density at radius 3 is 2.15 bits per heavy atom. The van der Waals surface area contributed by atoms with Crippen molar-refractivity contribution in [1.82, 2.24) is 10.0 Å². The highest BCUT2D eigenvalue weighted by molar-refractivity contribution is 7.90. The summed E-state index contributed by atoms with van der Waals surface area (Å²) in [6.07, 6.45) is 0.681. The highest BCUT2D eigenvalue weighted by Gasteiger charge is 2.26. The molecule has 174 valence electrons. The zero-order valence-electron chi connectivity index (χ0n) is 18.8. The van der Waals surface area contributed by atoms with Gasteiger partial charge in [0.1, 0.15) is 4.90 Å². The van der Waals surface area contributed by atoms with Gasteiger partial charge in [0, 0.05) is 18.7 Å². The molecule has 0 aromatic heterocycles. The van der Waals surface area contributed by atoms with E-state index >= 15 is 0 Å². The van der Waals surface area contributed by atoms with Crippen LogP contribution in [-0.2, 0) is 21.4 Å². The van der Waals surface area contributed by atoms with Crippen molar-refractivity contribution < 1.29 is 17.9 Å². The van der Waals surface area contributed by atoms with Crippen molar-refractivity contribution in [3.63, 3.8) is 0 Å². The van der Waals surface area contributed by atoms with Crippen LogP contribution in [0.4, 0.5) is 10.5 Å². The number of nitrogens with one attached hydrogen (secondary N) is 2. The number of carbonyl (C=O) groups excluding carboxylic acids is 1. The van der Waals surface area contributed by atoms with Crippen molar-refractivity contribution in [3.05, 3.63) is 72.3 Å². The van der Waals surface area contributed by atoms with Gasteiger partial charge in [-0.2, -0.15) is 0 Å². The number of hydrogen-bond donors (Lipinski definition) is 3. The van der Waals surface area contributed by atoms with Crippen LogP contribution in [0.5, 0.6) is 0 Å². The molecule has 3 aromatic carbocycles. The molecule has 4 N–H and O–H groups in total. The van der Waals surface area contributed by atoms with Gasteiger partial charge in [0.25, 0.3) is 10.0 Å². The maximum Gasteiger partial charge on any atom is 0.328 e. The Balaban J connectivity index is 2.14. The van der Waals surface area contributed by atoms with E-state index in [1.165, 1.54) is 6.07 Å². The first-order valence-electron chi connectivity index (χ1n) is 10.8. The minimum Gasteiger partial charge on any atom is -0.398 e. The highest BCUT2D eigenvalue weighted by atomic mass is 32.2. The predicted octanol–water partition coefficient (Wildman–Crippen LogP) is 4.54. The van der Waals surface area contributed by atoms with E-state index in [1.807, 2.05) is 62.4 Å². The number of ether oxygens (including phenoxy) is 1. The molecule has 33 heavy (non-hydrogen) atoms. The molecular weight excluding hydrogens is 438 g/mol. The van der Waals surface area contributed by atoms with E-state index in [1.54, 1.807) is 12.1 Å². The molecule has 7 nitrogen and oxygen atoms in total. The van der Waals surface area contributed by atoms with E-state index in [0.29, 0.717) is 37.3 Å². The quantitative estimate of drug-likeness (QED) is 0.400. The maximum absolute atomic E-state index is 13.2. The SMILES string of the molecule is CCCNC(=O)NS(=O)(=O)c1c(N)cccc1-c1ccccc1-c1ccccc1COCC. The van der Waals surface area contributed by atoms with Gasteiger partial charge in [-0.25, -0.2) is 17.9 Å². The second kappa shape index (κ2) is 11.0. The van der Waals surface area contributed by atoms with Gasteiger partial charge in [-0.15, -0.1) is 0 Å². The summed E-state index contributed by atoms with van der Waals surface area (Å²) in [4.78, 5) is 12.0. The summed E-state index contributed by atoms with van der Waals surface area (Å²) in [5.41, 5.74) is 10.0. The number of rotatable bonds is 9. The van der Waals surface area contributed by atoms with Crippen molar-refractivity contribution in [2.75, 3.05) is 18.9 Å². The Bertz CT molecular complexity index is 1230. The first-order chi connectivity index (χ1) is 15.9. The number of nitrogen functional groups attached to an aromatic ring is 1. The van der Waals surface area contributed by atoms with E-state index in [2.05, 4.69) is 10.0 Å². The average molecular weight is 468 g/mol. The fraction of sp³-hybridized carbons (Fsp3) is 0.240. The number of benzene rings is 3. The lowest BCUT2D eigenvalue weighted by atomic mass is 9.92. The summed E-state index contributed by atoms with van der Waals surface area (Å²) in [7, 11) is -4.23. The molecule has 0 saturated carbocycles. The standard InChI is InChI=1S/C25H29N3O4S/c1-3-16-27-25(29)28-33(30,31)24-22(14-9-15-23(24)26)21-13-8-7-12-20(21)19-11-6-5-10-18(19)17-32-4-2/h5-15H,3-4,16-17,26H2,1-2H3,(H2,27,28,29). The maximum atomic E-state index is 13.2. The van der Waals surface area contributed by atoms with Crippen LogP contribution >= 0.6 is 0 Å². The van der Waals surface area contributed by atoms with Gasteiger partial charge >= 0.3 is 6.03 Å². The van der Waals surface area contributed by atoms with Crippen LogP contribution in [-0.4, -0.2) is 27.6 Å². The summed E-state index contributed by atoms with van der Waals surface area (Å²) in [5, 5.41) is 2.52. The number of urea groups is 1. The number of carbonyl (C=O) groups is 1. The zero-order chi connectivity index (χ0) is 23.8. The fourth-order valence-corrected chi connectivity index (χ4v) is 4.85. The smallest absolute Gasteiger partial charge is 0.328 e. The van der Waals surface area contributed by atoms with Crippen LogP contribution in [0, 0.1) is 0 Å². The number of anilines is 1. The number of amides is 2. The largest absolute Gasteiger partial charge is 0.398 e. The molecule has 0 radical (unpaired) electrons. The van der Waals surface area contributed by atoms with E-state index in [-0.39, 0.29) is 10.6 Å². The minimum absolute atomic E-state index is 0.0562. The summed E-state index contributed by atoms with van der Waals surface area (Å²) in [5.74, 6) is 0. The summed E-state index contributed by atoms with van der Waals surface area (Å²) < 4.78 is 34.1. The summed E-state index contributed by atoms with van der Waals surface area (Å²) >= 11 is 0. The van der Waals surface area contributed by atoms with Gasteiger partial charge in [0.15, 0.2) is 0 Å². The first-order valence-corrected chi connectivity index (χ1v) is 12.3. The molecule has 0 saturated heterocycles. The zero-order valence-corrected chi connectivity index (χ0v) is 19.6. The topological polar surface area (TPSA) is 111 Å². The van der Waals surface area contributed by atoms with Gasteiger partial charge < -0.3 is 15.8 Å². The highest BCUT2D eigenvalue weighted by Crippen LogP contribution is 2.39. The third kappa shape index (κ3) is 5.71. The van der Waals surface area contributed by atoms with Crippen LogP contribution in [0.3, 0.4) is 0 Å². The molecule has 2 amide bonds. The molecule has 3 rings (SSSR count). The first kappa shape index (κ1) is 24.3. The average Bonchev–Trinajstić information content (AvgIpc) is 2.81. The van der Waals surface area contributed by atoms with Crippen LogP contribution in [0.15, 0.2) is 71.6 Å². The Hall–Kier alpha value is -3.36. The summed E-state index contributed by atoms with van der Waals surface area (Å²) in [6, 6.07) is 19.4. The minimum atomic E-state index is -4.23. The molecule has 0 atom stereocenters. The van der Waals surface area contributed by atoms with Crippen molar-refractivity contribution in [1.29, 1.82) is 0 Å². The molecule has 0 unspecified atom stereocenters. The fourth-order valence-electron chi connectivity index (χ4n) is 3.59. The molecule has 0 aliphatic rings. The van der Waals surface area contributed by atoms with Crippen LogP contribution in [0.1, 0.15) is 25.8 Å². The number of nitrogens with two attached hydrogens (primary N) is 1. The Morgan fingerprint density at radius 1 is 0.879 bits per heavy atom. The van der Waals surface area contributed by atoms with Gasteiger partial charge in [-0.1, -0.05) is 67.6 Å². The number of hydrogen-bond acceptors (Lipinski definition) is 5. The van der Waals surface area contributed by atoms with Crippen molar-refractivity contribution in [2.24, 2.45) is 0 Å². The molecule has 8 heteroatoms. The van der Waals surface area contributed by atoms with Gasteiger partial charge in [-0.3, -0.25) is 0 Å². The van der Waals surface area contributed by atoms with E-state index in [4.69, 9.17) is 10.5 Å². The van der Waals surface area contributed by atoms with E-state index in [0.717, 1.165) is 16.7 Å². The molecule has 0 heterocycles. The van der Waals surface area contributed by atoms with Crippen molar-refractivity contribution in [3.8, 4) is 22.3 Å². The second-order valence-corrected chi connectivity index (χ2v) is 9.04. The lowest BCUT2D eigenvalue weighted by molar-refractivity contribution is 0.134. The Labute approximate surface area is 195 Å². The van der Waals surface area contributed by atoms with Crippen molar-refractivity contribution >= 4 is 21.7 Å². The number of sulfonamides is 1. The van der Waals surface area contributed by atoms with Crippen LogP contribution in [0.25, 0.3) is 22.3 Å². The Morgan fingerprint density at radius 2 is 1.48 bits per heavy atom. The van der Waals surface area contributed by atoms with E-state index in [9.17, 15) is 13.2 Å². The normalized spacial score (nSPS) is 11.2. The molecule has 0 bridgehead atoms. The third-order valence-electron chi connectivity index (χ3n) is 5.06. The Kier molecular flexibility index (Phi) is 8.08. The molecule has 0 aliphatic heterocycles. The van der Waals surface area contributed by atoms with Gasteiger partial charge in [0.05, 0.1) is 12.3 Å². The third-order valence-corrected chi connectivity index (χ3v) is 6.51. The molecule has 0 spiro atoms. The second-order valence-electron chi connectivity index (χ2n) is 7.43. The molecular formula is C25H29N3O4S. The monoisotopic (exact) mass is 467 g/mol.